The molecule has 0 N–H and O–H groups in total. The molecule has 14 rings (SSSR count). The number of thiophene rings is 1. The lowest BCUT2D eigenvalue weighted by atomic mass is 9.82. The van der Waals surface area contributed by atoms with Gasteiger partial charge in [0.15, 0.2) is 17.5 Å². The number of rotatable bonds is 10. The van der Waals surface area contributed by atoms with Crippen molar-refractivity contribution >= 4 is 53.3 Å². The van der Waals surface area contributed by atoms with Crippen LogP contribution < -0.4 is 0 Å². The van der Waals surface area contributed by atoms with Crippen molar-refractivity contribution < 1.29 is 0 Å². The van der Waals surface area contributed by atoms with E-state index in [9.17, 15) is 0 Å². The lowest BCUT2D eigenvalue weighted by molar-refractivity contribution is 0.979. The molecule has 75 heavy (non-hydrogen) atoms. The highest BCUT2D eigenvalue weighted by atomic mass is 32.1. The molecule has 0 aliphatic rings. The van der Waals surface area contributed by atoms with Crippen LogP contribution in [0.5, 0.6) is 0 Å². The molecule has 0 amide bonds. The van der Waals surface area contributed by atoms with Gasteiger partial charge in [-0.05, 0) is 92.5 Å². The zero-order chi connectivity index (χ0) is 49.7. The third kappa shape index (κ3) is 8.17. The van der Waals surface area contributed by atoms with Crippen molar-refractivity contribution in [2.24, 2.45) is 0 Å². The predicted molar refractivity (Wildman–Crippen MR) is 314 cm³/mol. The molecule has 5 heteroatoms. The SMILES string of the molecule is c1ccc(-c2cccc(C(c3ccc(-c4ccc5c(c4)c4ccccc4n5-c4ccc5sc6c(-c7nc(-c8ccccc8)nc(-c8ccccc8)n7)cccc6c5c4)cc3)c3cccc(-c4ccccc4)c3)c2)cc1. The average Bonchev–Trinajstić information content (AvgIpc) is 4.04. The Morgan fingerprint density at radius 1 is 0.293 bits per heavy atom. The number of fused-ring (bicyclic) bond motifs is 6. The fourth-order valence-corrected chi connectivity index (χ4v) is 12.2. The van der Waals surface area contributed by atoms with Crippen LogP contribution in [0.4, 0.5) is 0 Å². The Labute approximate surface area is 439 Å². The van der Waals surface area contributed by atoms with Gasteiger partial charge in [0, 0.05) is 59.2 Å². The zero-order valence-corrected chi connectivity index (χ0v) is 41.6. The van der Waals surface area contributed by atoms with Crippen LogP contribution in [0, 0.1) is 0 Å². The first-order chi connectivity index (χ1) is 37.2. The van der Waals surface area contributed by atoms with Gasteiger partial charge in [-0.15, -0.1) is 11.3 Å². The molecule has 3 aromatic heterocycles. The maximum absolute atomic E-state index is 5.12. The second-order valence-electron chi connectivity index (χ2n) is 19.1. The van der Waals surface area contributed by atoms with E-state index in [1.807, 2.05) is 36.4 Å². The van der Waals surface area contributed by atoms with E-state index >= 15 is 0 Å². The Morgan fingerprint density at radius 3 is 1.40 bits per heavy atom. The molecule has 0 spiro atoms. The molecule has 352 valence electrons. The molecule has 0 radical (unpaired) electrons. The van der Waals surface area contributed by atoms with Gasteiger partial charge in [0.05, 0.1) is 11.0 Å². The van der Waals surface area contributed by atoms with Crippen molar-refractivity contribution in [1.82, 2.24) is 19.5 Å². The minimum atomic E-state index is 0.0278. The molecule has 14 aromatic rings. The van der Waals surface area contributed by atoms with Crippen LogP contribution in [0.15, 0.2) is 273 Å². The summed E-state index contributed by atoms with van der Waals surface area (Å²) in [6, 6.07) is 98.2. The number of para-hydroxylation sites is 1. The minimum absolute atomic E-state index is 0.0278. The normalized spacial score (nSPS) is 11.6. The van der Waals surface area contributed by atoms with Crippen LogP contribution in [-0.2, 0) is 0 Å². The van der Waals surface area contributed by atoms with E-state index in [0.717, 1.165) is 27.1 Å². The van der Waals surface area contributed by atoms with Crippen molar-refractivity contribution in [2.45, 2.75) is 5.92 Å². The summed E-state index contributed by atoms with van der Waals surface area (Å²) in [4.78, 5) is 15.2. The molecule has 0 fully saturated rings. The van der Waals surface area contributed by atoms with E-state index in [0.29, 0.717) is 17.5 Å². The molecule has 0 saturated heterocycles. The molecule has 4 nitrogen and oxygen atoms in total. The van der Waals surface area contributed by atoms with Gasteiger partial charge >= 0.3 is 0 Å². The monoisotopic (exact) mass is 974 g/mol. The Kier molecular flexibility index (Phi) is 11.1. The van der Waals surface area contributed by atoms with Crippen molar-refractivity contribution in [3.05, 3.63) is 290 Å². The summed E-state index contributed by atoms with van der Waals surface area (Å²) in [6.07, 6.45) is 0. The van der Waals surface area contributed by atoms with E-state index in [1.165, 1.54) is 87.3 Å². The van der Waals surface area contributed by atoms with Gasteiger partial charge in [0.2, 0.25) is 0 Å². The summed E-state index contributed by atoms with van der Waals surface area (Å²) in [5.41, 5.74) is 17.3. The smallest absolute Gasteiger partial charge is 0.165 e. The summed E-state index contributed by atoms with van der Waals surface area (Å²) in [7, 11) is 0. The molecule has 0 aliphatic heterocycles. The molecular formula is C70H46N4S. The van der Waals surface area contributed by atoms with Crippen molar-refractivity contribution in [3.8, 4) is 73.2 Å². The van der Waals surface area contributed by atoms with Gasteiger partial charge in [-0.25, -0.2) is 15.0 Å². The third-order valence-corrected chi connectivity index (χ3v) is 15.8. The van der Waals surface area contributed by atoms with E-state index in [-0.39, 0.29) is 5.92 Å². The van der Waals surface area contributed by atoms with E-state index in [1.54, 1.807) is 11.3 Å². The topological polar surface area (TPSA) is 43.6 Å². The molecule has 11 aromatic carbocycles. The Bertz CT molecular complexity index is 4250. The van der Waals surface area contributed by atoms with Crippen molar-refractivity contribution in [2.75, 3.05) is 0 Å². The van der Waals surface area contributed by atoms with Gasteiger partial charge in [-0.2, -0.15) is 0 Å². The molecule has 0 saturated carbocycles. The standard InChI is InChI=1S/C70H46N4S/c1-5-18-46(19-6-1)52-26-15-28-55(42-52)66(56-29-16-27-53(43-56)47-20-7-2-8-21-47)49-36-34-48(35-37-49)54-38-40-64-61(44-54)58-30-13-14-33-63(58)74(64)57-39-41-65-62(45-57)59-31-17-32-60(67(59)75-65)70-72-68(50-22-9-3-10-23-50)71-69(73-70)51-24-11-4-12-25-51/h1-45,66H. The summed E-state index contributed by atoms with van der Waals surface area (Å²) >= 11 is 1.79. The summed E-state index contributed by atoms with van der Waals surface area (Å²) in [5.74, 6) is 2.00. The van der Waals surface area contributed by atoms with Crippen LogP contribution in [-0.4, -0.2) is 19.5 Å². The van der Waals surface area contributed by atoms with Crippen molar-refractivity contribution in [3.63, 3.8) is 0 Å². The lowest BCUT2D eigenvalue weighted by Crippen LogP contribution is -2.04. The Balaban J connectivity index is 0.840. The second-order valence-corrected chi connectivity index (χ2v) is 20.2. The van der Waals surface area contributed by atoms with Crippen LogP contribution >= 0.6 is 11.3 Å². The fraction of sp³-hybridized carbons (Fsp3) is 0.0143. The van der Waals surface area contributed by atoms with Gasteiger partial charge < -0.3 is 4.57 Å². The first-order valence-corrected chi connectivity index (χ1v) is 26.3. The number of nitrogens with zero attached hydrogens (tertiary/aromatic N) is 4. The van der Waals surface area contributed by atoms with Gasteiger partial charge in [0.1, 0.15) is 0 Å². The molecular weight excluding hydrogens is 929 g/mol. The minimum Gasteiger partial charge on any atom is -0.309 e. The third-order valence-electron chi connectivity index (χ3n) is 14.6. The highest BCUT2D eigenvalue weighted by Gasteiger charge is 2.21. The first kappa shape index (κ1) is 44.2. The zero-order valence-electron chi connectivity index (χ0n) is 40.8. The van der Waals surface area contributed by atoms with Crippen LogP contribution in [0.2, 0.25) is 0 Å². The van der Waals surface area contributed by atoms with E-state index < -0.39 is 0 Å². The summed E-state index contributed by atoms with van der Waals surface area (Å²) in [6.45, 7) is 0. The Morgan fingerprint density at radius 2 is 0.773 bits per heavy atom. The lowest BCUT2D eigenvalue weighted by Gasteiger charge is -2.21. The largest absolute Gasteiger partial charge is 0.309 e. The summed E-state index contributed by atoms with van der Waals surface area (Å²) < 4.78 is 4.79. The van der Waals surface area contributed by atoms with Crippen LogP contribution in [0.1, 0.15) is 22.6 Å². The molecule has 0 atom stereocenters. The number of hydrogen-bond donors (Lipinski definition) is 0. The van der Waals surface area contributed by atoms with Crippen LogP contribution in [0.3, 0.4) is 0 Å². The molecule has 0 unspecified atom stereocenters. The van der Waals surface area contributed by atoms with Gasteiger partial charge in [0.25, 0.3) is 0 Å². The van der Waals surface area contributed by atoms with Gasteiger partial charge in [-0.3, -0.25) is 0 Å². The summed E-state index contributed by atoms with van der Waals surface area (Å²) in [5, 5.41) is 4.82. The van der Waals surface area contributed by atoms with Crippen molar-refractivity contribution in [1.29, 1.82) is 0 Å². The van der Waals surface area contributed by atoms with Gasteiger partial charge in [-0.1, -0.05) is 231 Å². The molecule has 0 aliphatic carbocycles. The molecule has 0 bridgehead atoms. The maximum Gasteiger partial charge on any atom is 0.165 e. The van der Waals surface area contributed by atoms with Crippen LogP contribution in [0.25, 0.3) is 115 Å². The number of benzene rings is 11. The number of aromatic nitrogens is 4. The number of hydrogen-bond acceptors (Lipinski definition) is 4. The first-order valence-electron chi connectivity index (χ1n) is 25.4. The quantitative estimate of drug-likeness (QED) is 0.128. The highest BCUT2D eigenvalue weighted by molar-refractivity contribution is 7.26. The van der Waals surface area contributed by atoms with E-state index in [2.05, 4.69) is 241 Å². The average molecular weight is 975 g/mol. The predicted octanol–water partition coefficient (Wildman–Crippen LogP) is 18.5. The maximum atomic E-state index is 5.12. The highest BCUT2D eigenvalue weighted by Crippen LogP contribution is 2.43. The van der Waals surface area contributed by atoms with E-state index in [4.69, 9.17) is 15.0 Å². The second kappa shape index (κ2) is 18.8. The Hall–Kier alpha value is -9.55. The molecule has 3 heterocycles. The fourth-order valence-electron chi connectivity index (χ4n) is 11.0.